The number of hydrogen-bond acceptors (Lipinski definition) is 0. The zero-order chi connectivity index (χ0) is 9.73. The lowest BCUT2D eigenvalue weighted by atomic mass is 9.96. The van der Waals surface area contributed by atoms with Gasteiger partial charge in [0.15, 0.2) is 0 Å². The van der Waals surface area contributed by atoms with Crippen LogP contribution in [0, 0.1) is 11.3 Å². The first-order valence-electron chi connectivity index (χ1n) is 6.23. The van der Waals surface area contributed by atoms with Crippen molar-refractivity contribution in [1.29, 1.82) is 0 Å². The Balaban J connectivity index is 1.95. The summed E-state index contributed by atoms with van der Waals surface area (Å²) >= 11 is 0. The van der Waals surface area contributed by atoms with Crippen LogP contribution in [-0.2, 0) is 0 Å². The summed E-state index contributed by atoms with van der Waals surface area (Å²) in [6.45, 7) is 7.11. The van der Waals surface area contributed by atoms with Gasteiger partial charge in [0.1, 0.15) is 0 Å². The van der Waals surface area contributed by atoms with Crippen LogP contribution in [0.4, 0.5) is 0 Å². The van der Waals surface area contributed by atoms with Crippen molar-refractivity contribution in [2.75, 3.05) is 0 Å². The fourth-order valence-corrected chi connectivity index (χ4v) is 2.58. The molecule has 0 aromatic heterocycles. The molecule has 0 aliphatic heterocycles. The Morgan fingerprint density at radius 3 is 2.31 bits per heavy atom. The lowest BCUT2D eigenvalue weighted by molar-refractivity contribution is 0.425. The number of hydrogen-bond donors (Lipinski definition) is 0. The first-order chi connectivity index (χ1) is 6.23. The summed E-state index contributed by atoms with van der Waals surface area (Å²) in [6.07, 6.45) is 11.6. The molecule has 0 unspecified atom stereocenters. The molecule has 0 saturated heterocycles. The Labute approximate surface area is 84.1 Å². The van der Waals surface area contributed by atoms with E-state index < -0.39 is 0 Å². The lowest BCUT2D eigenvalue weighted by Gasteiger charge is -2.09. The van der Waals surface area contributed by atoms with E-state index in [0.717, 1.165) is 11.3 Å². The summed E-state index contributed by atoms with van der Waals surface area (Å²) < 4.78 is 0. The smallest absolute Gasteiger partial charge is 0.0295 e. The average molecular weight is 182 g/mol. The molecule has 2 atom stereocenters. The Morgan fingerprint density at radius 1 is 1.08 bits per heavy atom. The summed E-state index contributed by atoms with van der Waals surface area (Å²) in [7, 11) is 0. The van der Waals surface area contributed by atoms with Gasteiger partial charge in [0.05, 0.1) is 0 Å². The zero-order valence-electron chi connectivity index (χ0n) is 9.73. The molecule has 0 nitrogen and oxygen atoms in total. The molecule has 0 heterocycles. The van der Waals surface area contributed by atoms with Crippen LogP contribution in [0.5, 0.6) is 0 Å². The van der Waals surface area contributed by atoms with E-state index in [1.165, 1.54) is 51.4 Å². The van der Waals surface area contributed by atoms with Gasteiger partial charge in [0, 0.05) is 0 Å². The minimum atomic E-state index is 0.765. The molecule has 13 heavy (non-hydrogen) atoms. The molecule has 0 bridgehead atoms. The Hall–Kier alpha value is 0. The third-order valence-electron chi connectivity index (χ3n) is 3.88. The minimum Gasteiger partial charge on any atom is -0.0654 e. The molecular weight excluding hydrogens is 156 g/mol. The largest absolute Gasteiger partial charge is 0.0654 e. The molecule has 1 saturated carbocycles. The van der Waals surface area contributed by atoms with Gasteiger partial charge in [-0.25, -0.2) is 0 Å². The van der Waals surface area contributed by atoms with Crippen LogP contribution >= 0.6 is 0 Å². The molecule has 0 amide bonds. The Morgan fingerprint density at radius 2 is 1.77 bits per heavy atom. The summed E-state index contributed by atoms with van der Waals surface area (Å²) in [6, 6.07) is 0. The molecule has 78 valence electrons. The third kappa shape index (κ3) is 3.32. The molecule has 1 aliphatic rings. The highest BCUT2D eigenvalue weighted by molar-refractivity contribution is 4.97. The standard InChI is InChI=1S/C13H26/c1-4-6-7-8-9-10-13(3)11-12(13)5-2/h12H,4-11H2,1-3H3/t12-,13-/m0/s1. The van der Waals surface area contributed by atoms with Gasteiger partial charge in [0.2, 0.25) is 0 Å². The second-order valence-electron chi connectivity index (χ2n) is 5.13. The lowest BCUT2D eigenvalue weighted by Crippen LogP contribution is -1.97. The maximum absolute atomic E-state index is 2.49. The van der Waals surface area contributed by atoms with E-state index in [1.54, 1.807) is 0 Å². The van der Waals surface area contributed by atoms with E-state index in [1.807, 2.05) is 0 Å². The molecule has 1 fully saturated rings. The van der Waals surface area contributed by atoms with E-state index in [9.17, 15) is 0 Å². The Kier molecular flexibility index (Phi) is 4.28. The van der Waals surface area contributed by atoms with Gasteiger partial charge < -0.3 is 0 Å². The summed E-state index contributed by atoms with van der Waals surface area (Å²) in [5.74, 6) is 1.07. The predicted molar refractivity (Wildman–Crippen MR) is 59.9 cm³/mol. The third-order valence-corrected chi connectivity index (χ3v) is 3.88. The van der Waals surface area contributed by atoms with Gasteiger partial charge in [-0.1, -0.05) is 59.3 Å². The van der Waals surface area contributed by atoms with Gasteiger partial charge >= 0.3 is 0 Å². The number of rotatable bonds is 7. The first kappa shape index (κ1) is 11.1. The molecule has 1 aliphatic carbocycles. The summed E-state index contributed by atoms with van der Waals surface area (Å²) in [4.78, 5) is 0. The van der Waals surface area contributed by atoms with Crippen LogP contribution < -0.4 is 0 Å². The van der Waals surface area contributed by atoms with Crippen molar-refractivity contribution < 1.29 is 0 Å². The van der Waals surface area contributed by atoms with Crippen LogP contribution in [0.3, 0.4) is 0 Å². The van der Waals surface area contributed by atoms with Gasteiger partial charge in [-0.2, -0.15) is 0 Å². The molecule has 0 aromatic carbocycles. The summed E-state index contributed by atoms with van der Waals surface area (Å²) in [5, 5.41) is 0. The van der Waals surface area contributed by atoms with E-state index in [4.69, 9.17) is 0 Å². The van der Waals surface area contributed by atoms with Crippen molar-refractivity contribution in [2.24, 2.45) is 11.3 Å². The van der Waals surface area contributed by atoms with Gasteiger partial charge in [-0.05, 0) is 24.2 Å². The SMILES string of the molecule is CCCCCCC[C@@]1(C)C[C@@H]1CC. The van der Waals surface area contributed by atoms with Crippen molar-refractivity contribution in [3.05, 3.63) is 0 Å². The molecule has 0 radical (unpaired) electrons. The van der Waals surface area contributed by atoms with Crippen molar-refractivity contribution in [2.45, 2.75) is 72.1 Å². The molecule has 0 N–H and O–H groups in total. The maximum Gasteiger partial charge on any atom is -0.0295 e. The molecule has 0 spiro atoms. The van der Waals surface area contributed by atoms with Crippen LogP contribution in [0.15, 0.2) is 0 Å². The van der Waals surface area contributed by atoms with E-state index in [0.29, 0.717) is 0 Å². The molecule has 0 heteroatoms. The first-order valence-corrected chi connectivity index (χ1v) is 6.23. The highest BCUT2D eigenvalue weighted by Gasteiger charge is 2.47. The average Bonchev–Trinajstić information content (AvgIpc) is 2.77. The van der Waals surface area contributed by atoms with Crippen LogP contribution in [0.2, 0.25) is 0 Å². The van der Waals surface area contributed by atoms with Crippen molar-refractivity contribution in [3.8, 4) is 0 Å². The predicted octanol–water partition coefficient (Wildman–Crippen LogP) is 4.78. The topological polar surface area (TPSA) is 0 Å². The van der Waals surface area contributed by atoms with Crippen molar-refractivity contribution >= 4 is 0 Å². The molecule has 1 rings (SSSR count). The quantitative estimate of drug-likeness (QED) is 0.497. The van der Waals surface area contributed by atoms with Crippen molar-refractivity contribution in [3.63, 3.8) is 0 Å². The maximum atomic E-state index is 2.49. The van der Waals surface area contributed by atoms with Crippen LogP contribution in [0.25, 0.3) is 0 Å². The van der Waals surface area contributed by atoms with Crippen LogP contribution in [-0.4, -0.2) is 0 Å². The highest BCUT2D eigenvalue weighted by atomic mass is 14.5. The zero-order valence-corrected chi connectivity index (χ0v) is 9.73. The van der Waals surface area contributed by atoms with Gasteiger partial charge in [-0.15, -0.1) is 0 Å². The monoisotopic (exact) mass is 182 g/mol. The van der Waals surface area contributed by atoms with Crippen molar-refractivity contribution in [1.82, 2.24) is 0 Å². The second-order valence-corrected chi connectivity index (χ2v) is 5.13. The van der Waals surface area contributed by atoms with Crippen LogP contribution in [0.1, 0.15) is 72.1 Å². The summed E-state index contributed by atoms with van der Waals surface area (Å²) in [5.41, 5.74) is 0.765. The van der Waals surface area contributed by atoms with E-state index in [2.05, 4.69) is 20.8 Å². The highest BCUT2D eigenvalue weighted by Crippen LogP contribution is 2.57. The van der Waals surface area contributed by atoms with Gasteiger partial charge in [-0.3, -0.25) is 0 Å². The van der Waals surface area contributed by atoms with E-state index in [-0.39, 0.29) is 0 Å². The van der Waals surface area contributed by atoms with E-state index >= 15 is 0 Å². The fourth-order valence-electron chi connectivity index (χ4n) is 2.58. The second kappa shape index (κ2) is 5.02. The molecular formula is C13H26. The normalized spacial score (nSPS) is 32.1. The van der Waals surface area contributed by atoms with Gasteiger partial charge in [0.25, 0.3) is 0 Å². The Bertz CT molecular complexity index is 139. The minimum absolute atomic E-state index is 0.765. The fraction of sp³-hybridized carbons (Fsp3) is 1.00. The molecule has 0 aromatic rings. The number of unbranched alkanes of at least 4 members (excludes halogenated alkanes) is 4.